The van der Waals surface area contributed by atoms with Gasteiger partial charge in [0.15, 0.2) is 0 Å². The van der Waals surface area contributed by atoms with Crippen molar-refractivity contribution in [2.24, 2.45) is 0 Å². The fraction of sp³-hybridized carbons (Fsp3) is 0.500. The molecule has 0 aliphatic heterocycles. The maximum Gasteiger partial charge on any atom is 0.330 e. The molecule has 0 bridgehead atoms. The van der Waals surface area contributed by atoms with E-state index in [9.17, 15) is 17.6 Å². The Kier molecular flexibility index (Phi) is 4.43. The zero-order valence-corrected chi connectivity index (χ0v) is 8.59. The molecule has 0 radical (unpaired) electrons. The predicted molar refractivity (Wildman–Crippen MR) is 47.6 cm³/mol. The molecule has 0 amide bonds. The van der Waals surface area contributed by atoms with Crippen LogP contribution in [-0.4, -0.2) is 28.9 Å². The van der Waals surface area contributed by atoms with Gasteiger partial charge in [-0.1, -0.05) is 11.6 Å². The van der Waals surface area contributed by atoms with E-state index in [0.717, 1.165) is 0 Å². The van der Waals surface area contributed by atoms with Crippen LogP contribution in [0.25, 0.3) is 0 Å². The zero-order chi connectivity index (χ0) is 12.2. The Hall–Kier alpha value is -0.950. The van der Waals surface area contributed by atoms with Crippen LogP contribution >= 0.6 is 11.6 Å². The van der Waals surface area contributed by atoms with Crippen molar-refractivity contribution < 1.29 is 22.3 Å². The van der Waals surface area contributed by atoms with Gasteiger partial charge in [-0.3, -0.25) is 4.98 Å². The maximum absolute atomic E-state index is 12.4. The molecule has 3 nitrogen and oxygen atoms in total. The van der Waals surface area contributed by atoms with Crippen LogP contribution < -0.4 is 0 Å². The summed E-state index contributed by atoms with van der Waals surface area (Å²) in [6.07, 6.45) is -1.34. The van der Waals surface area contributed by atoms with Gasteiger partial charge < -0.3 is 4.74 Å². The first-order valence-electron chi connectivity index (χ1n) is 4.12. The summed E-state index contributed by atoms with van der Waals surface area (Å²) in [5.74, 6) is -4.15. The number of aromatic nitrogens is 2. The van der Waals surface area contributed by atoms with Gasteiger partial charge >= 0.3 is 12.3 Å². The summed E-state index contributed by atoms with van der Waals surface area (Å²) in [7, 11) is 0. The van der Waals surface area contributed by atoms with E-state index < -0.39 is 19.0 Å². The maximum atomic E-state index is 12.4. The molecule has 1 rings (SSSR count). The molecule has 0 saturated carbocycles. The van der Waals surface area contributed by atoms with Crippen LogP contribution in [0.2, 0.25) is 5.15 Å². The highest BCUT2D eigenvalue weighted by atomic mass is 35.5. The molecular formula is C8H7ClF4N2O. The number of hydrogen-bond donors (Lipinski definition) is 0. The van der Waals surface area contributed by atoms with E-state index in [4.69, 9.17) is 11.6 Å². The summed E-state index contributed by atoms with van der Waals surface area (Å²) in [5.41, 5.74) is 0.231. The van der Waals surface area contributed by atoms with Gasteiger partial charge in [-0.25, -0.2) is 13.8 Å². The molecule has 0 aliphatic rings. The molecule has 1 heterocycles. The molecule has 0 atom stereocenters. The fourth-order valence-corrected chi connectivity index (χ4v) is 0.866. The van der Waals surface area contributed by atoms with Gasteiger partial charge in [0.1, 0.15) is 11.8 Å². The first-order valence-corrected chi connectivity index (χ1v) is 4.50. The van der Waals surface area contributed by atoms with Crippen molar-refractivity contribution in [2.75, 3.05) is 6.61 Å². The first kappa shape index (κ1) is 13.1. The lowest BCUT2D eigenvalue weighted by Crippen LogP contribution is -2.32. The lowest BCUT2D eigenvalue weighted by molar-refractivity contribution is -0.168. The van der Waals surface area contributed by atoms with Gasteiger partial charge in [0.2, 0.25) is 0 Å². The summed E-state index contributed by atoms with van der Waals surface area (Å²) in [6.45, 7) is -1.69. The summed E-state index contributed by atoms with van der Waals surface area (Å²) in [5, 5.41) is 0.140. The van der Waals surface area contributed by atoms with Crippen molar-refractivity contribution in [3.8, 4) is 0 Å². The molecule has 1 aromatic heterocycles. The fourth-order valence-electron chi connectivity index (χ4n) is 0.768. The highest BCUT2D eigenvalue weighted by Crippen LogP contribution is 2.23. The van der Waals surface area contributed by atoms with E-state index in [1.807, 2.05) is 0 Å². The molecule has 8 heteroatoms. The average Bonchev–Trinajstić information content (AvgIpc) is 2.20. The molecule has 0 aliphatic carbocycles. The Morgan fingerprint density at radius 3 is 2.50 bits per heavy atom. The van der Waals surface area contributed by atoms with Crippen LogP contribution in [0.3, 0.4) is 0 Å². The Morgan fingerprint density at radius 2 is 2.00 bits per heavy atom. The standard InChI is InChI=1S/C8H7ClF4N2O/c9-6-2-14-5(1-15-6)3-16-4-8(12,13)7(10)11/h1-2,7H,3-4H2. The summed E-state index contributed by atoms with van der Waals surface area (Å²) in [4.78, 5) is 7.31. The van der Waals surface area contributed by atoms with Crippen LogP contribution in [0.4, 0.5) is 17.6 Å². The quantitative estimate of drug-likeness (QED) is 0.762. The van der Waals surface area contributed by atoms with E-state index in [-0.39, 0.29) is 17.5 Å². The number of halogens is 5. The van der Waals surface area contributed by atoms with Crippen molar-refractivity contribution in [1.82, 2.24) is 9.97 Å². The molecule has 1 aromatic rings. The van der Waals surface area contributed by atoms with Crippen molar-refractivity contribution in [2.45, 2.75) is 19.0 Å². The first-order chi connectivity index (χ1) is 7.42. The van der Waals surface area contributed by atoms with Crippen LogP contribution in [0.1, 0.15) is 5.69 Å². The SMILES string of the molecule is FC(F)C(F)(F)COCc1cnc(Cl)cn1. The third kappa shape index (κ3) is 3.90. The minimum Gasteiger partial charge on any atom is -0.369 e. The number of alkyl halides is 4. The lowest BCUT2D eigenvalue weighted by Gasteiger charge is -2.14. The van der Waals surface area contributed by atoms with Crippen molar-refractivity contribution >= 4 is 11.6 Å². The Morgan fingerprint density at radius 1 is 1.31 bits per heavy atom. The highest BCUT2D eigenvalue weighted by molar-refractivity contribution is 6.29. The van der Waals surface area contributed by atoms with Gasteiger partial charge in [0.05, 0.1) is 24.7 Å². The van der Waals surface area contributed by atoms with Crippen LogP contribution in [0.5, 0.6) is 0 Å². The normalized spacial score (nSPS) is 12.1. The topological polar surface area (TPSA) is 35.0 Å². The van der Waals surface area contributed by atoms with Crippen LogP contribution in [-0.2, 0) is 11.3 Å². The largest absolute Gasteiger partial charge is 0.369 e. The molecule has 0 unspecified atom stereocenters. The van der Waals surface area contributed by atoms with E-state index >= 15 is 0 Å². The molecule has 16 heavy (non-hydrogen) atoms. The second kappa shape index (κ2) is 5.40. The third-order valence-corrected chi connectivity index (χ3v) is 1.73. The van der Waals surface area contributed by atoms with Crippen LogP contribution in [0, 0.1) is 0 Å². The van der Waals surface area contributed by atoms with E-state index in [2.05, 4.69) is 14.7 Å². The summed E-state index contributed by atoms with van der Waals surface area (Å²) in [6, 6.07) is 0. The van der Waals surface area contributed by atoms with Crippen molar-refractivity contribution in [3.05, 3.63) is 23.2 Å². The molecule has 0 fully saturated rings. The van der Waals surface area contributed by atoms with E-state index in [0.29, 0.717) is 0 Å². The zero-order valence-electron chi connectivity index (χ0n) is 7.84. The number of ether oxygens (including phenoxy) is 1. The van der Waals surface area contributed by atoms with E-state index in [1.54, 1.807) is 0 Å². The summed E-state index contributed by atoms with van der Waals surface area (Å²) >= 11 is 5.43. The Bertz CT molecular complexity index is 333. The monoisotopic (exact) mass is 258 g/mol. The van der Waals surface area contributed by atoms with Crippen molar-refractivity contribution in [1.29, 1.82) is 0 Å². The van der Waals surface area contributed by atoms with Crippen LogP contribution in [0.15, 0.2) is 12.4 Å². The van der Waals surface area contributed by atoms with Gasteiger partial charge in [-0.05, 0) is 0 Å². The number of rotatable bonds is 5. The van der Waals surface area contributed by atoms with Gasteiger partial charge in [0.25, 0.3) is 0 Å². The molecular weight excluding hydrogens is 252 g/mol. The van der Waals surface area contributed by atoms with Gasteiger partial charge in [-0.15, -0.1) is 0 Å². The minimum atomic E-state index is -4.15. The number of nitrogens with zero attached hydrogens (tertiary/aromatic N) is 2. The third-order valence-electron chi connectivity index (χ3n) is 1.54. The minimum absolute atomic E-state index is 0.140. The van der Waals surface area contributed by atoms with E-state index in [1.165, 1.54) is 12.4 Å². The number of hydrogen-bond acceptors (Lipinski definition) is 3. The molecule has 0 spiro atoms. The van der Waals surface area contributed by atoms with Gasteiger partial charge in [0, 0.05) is 0 Å². The molecule has 0 aromatic carbocycles. The Balaban J connectivity index is 2.39. The summed E-state index contributed by atoms with van der Waals surface area (Å²) < 4.78 is 52.6. The van der Waals surface area contributed by atoms with Gasteiger partial charge in [-0.2, -0.15) is 8.78 Å². The molecule has 90 valence electrons. The van der Waals surface area contributed by atoms with Crippen molar-refractivity contribution in [3.63, 3.8) is 0 Å². The predicted octanol–water partition coefficient (Wildman–Crippen LogP) is 2.55. The molecule has 0 N–H and O–H groups in total. The molecule has 0 saturated heterocycles. The smallest absolute Gasteiger partial charge is 0.330 e. The second-order valence-electron chi connectivity index (χ2n) is 2.88. The lowest BCUT2D eigenvalue weighted by atomic mass is 10.4. The average molecular weight is 259 g/mol. The Labute approximate surface area is 93.4 Å². The highest BCUT2D eigenvalue weighted by Gasteiger charge is 2.40. The second-order valence-corrected chi connectivity index (χ2v) is 3.27.